The first kappa shape index (κ1) is 21.6. The third-order valence-corrected chi connectivity index (χ3v) is 8.56. The smallest absolute Gasteiger partial charge is 0.260 e. The van der Waals surface area contributed by atoms with E-state index < -0.39 is 15.3 Å². The van der Waals surface area contributed by atoms with E-state index in [1.165, 1.54) is 5.56 Å². The number of hydrogen-bond acceptors (Lipinski definition) is 5. The van der Waals surface area contributed by atoms with Gasteiger partial charge in [-0.2, -0.15) is 0 Å². The number of sulfonamides is 1. The van der Waals surface area contributed by atoms with Crippen molar-refractivity contribution in [3.05, 3.63) is 29.8 Å². The third-order valence-electron chi connectivity index (χ3n) is 6.69. The zero-order valence-electron chi connectivity index (χ0n) is 17.7. The summed E-state index contributed by atoms with van der Waals surface area (Å²) in [6.45, 7) is 4.11. The van der Waals surface area contributed by atoms with Crippen molar-refractivity contribution in [1.29, 1.82) is 0 Å². The van der Waals surface area contributed by atoms with E-state index in [1.54, 1.807) is 18.7 Å². The Morgan fingerprint density at radius 1 is 1.10 bits per heavy atom. The first-order valence-electron chi connectivity index (χ1n) is 11.0. The molecule has 2 bridgehead atoms. The van der Waals surface area contributed by atoms with Crippen molar-refractivity contribution >= 4 is 15.9 Å². The Kier molecular flexibility index (Phi) is 6.36. The van der Waals surface area contributed by atoms with Crippen molar-refractivity contribution in [2.75, 3.05) is 19.8 Å². The number of amides is 1. The summed E-state index contributed by atoms with van der Waals surface area (Å²) in [4.78, 5) is 14.7. The standard InChI is InChI=1S/C22H32N2O5S/c1-15(2)30(26,27)23-19-11-12-24-20(19)13-28-17-9-7-16(8-10-17)18-5-3-4-6-21(18)29-14-22(24)25/h3-6,15-17,19-20,23H,7-14H2,1-2H3/t16?,17?,19-,20?/m0/s1. The van der Waals surface area contributed by atoms with Gasteiger partial charge in [0.1, 0.15) is 5.75 Å². The molecule has 0 radical (unpaired) electrons. The lowest BCUT2D eigenvalue weighted by Crippen LogP contribution is -2.51. The van der Waals surface area contributed by atoms with Crippen molar-refractivity contribution in [3.63, 3.8) is 0 Å². The largest absolute Gasteiger partial charge is 0.483 e. The molecule has 166 valence electrons. The molecule has 1 saturated carbocycles. The molecule has 1 aliphatic carbocycles. The van der Waals surface area contributed by atoms with Gasteiger partial charge in [0, 0.05) is 12.6 Å². The van der Waals surface area contributed by atoms with Crippen LogP contribution in [0, 0.1) is 0 Å². The van der Waals surface area contributed by atoms with E-state index in [9.17, 15) is 13.2 Å². The first-order valence-corrected chi connectivity index (χ1v) is 12.5. The molecule has 2 atom stereocenters. The molecule has 1 amide bonds. The summed E-state index contributed by atoms with van der Waals surface area (Å²) in [5, 5.41) is -0.520. The average molecular weight is 437 g/mol. The summed E-state index contributed by atoms with van der Waals surface area (Å²) < 4.78 is 39.9. The minimum Gasteiger partial charge on any atom is -0.483 e. The van der Waals surface area contributed by atoms with Crippen molar-refractivity contribution in [1.82, 2.24) is 9.62 Å². The molecule has 1 aromatic rings. The van der Waals surface area contributed by atoms with Gasteiger partial charge in [-0.25, -0.2) is 13.1 Å². The second kappa shape index (κ2) is 8.85. The van der Waals surface area contributed by atoms with Gasteiger partial charge in [0.2, 0.25) is 10.0 Å². The molecule has 2 fully saturated rings. The van der Waals surface area contributed by atoms with Crippen LogP contribution >= 0.6 is 0 Å². The van der Waals surface area contributed by atoms with Gasteiger partial charge in [-0.3, -0.25) is 4.79 Å². The van der Waals surface area contributed by atoms with Gasteiger partial charge in [-0.05, 0) is 63.5 Å². The molecule has 8 heteroatoms. The van der Waals surface area contributed by atoms with E-state index in [4.69, 9.17) is 9.47 Å². The van der Waals surface area contributed by atoms with Crippen LogP contribution in [0.2, 0.25) is 0 Å². The monoisotopic (exact) mass is 436 g/mol. The molecular weight excluding hydrogens is 404 g/mol. The van der Waals surface area contributed by atoms with Gasteiger partial charge in [0.05, 0.1) is 24.0 Å². The molecule has 3 heterocycles. The van der Waals surface area contributed by atoms with E-state index in [0.717, 1.165) is 31.4 Å². The van der Waals surface area contributed by atoms with Gasteiger partial charge in [-0.1, -0.05) is 18.2 Å². The zero-order chi connectivity index (χ0) is 21.3. The number of nitrogens with one attached hydrogen (secondary N) is 1. The van der Waals surface area contributed by atoms with Crippen LogP contribution < -0.4 is 9.46 Å². The number of carbonyl (C=O) groups is 1. The first-order chi connectivity index (χ1) is 14.3. The molecule has 4 aliphatic rings. The highest BCUT2D eigenvalue weighted by molar-refractivity contribution is 7.90. The molecule has 1 saturated heterocycles. The number of fused-ring (bicyclic) bond motifs is 5. The highest BCUT2D eigenvalue weighted by atomic mass is 32.2. The fourth-order valence-corrected chi connectivity index (χ4v) is 5.77. The Morgan fingerprint density at radius 3 is 2.57 bits per heavy atom. The number of para-hydroxylation sites is 1. The van der Waals surface area contributed by atoms with Crippen LogP contribution in [0.5, 0.6) is 5.75 Å². The van der Waals surface area contributed by atoms with E-state index in [1.807, 2.05) is 18.2 Å². The highest BCUT2D eigenvalue weighted by Crippen LogP contribution is 2.39. The zero-order valence-corrected chi connectivity index (χ0v) is 18.6. The summed E-state index contributed by atoms with van der Waals surface area (Å²) in [6, 6.07) is 7.34. The summed E-state index contributed by atoms with van der Waals surface area (Å²) in [5.74, 6) is 1.07. The third kappa shape index (κ3) is 4.50. The number of hydrogen-bond donors (Lipinski definition) is 1. The second-order valence-electron chi connectivity index (χ2n) is 8.89. The predicted molar refractivity (Wildman–Crippen MR) is 114 cm³/mol. The Balaban J connectivity index is 1.57. The van der Waals surface area contributed by atoms with Gasteiger partial charge < -0.3 is 14.4 Å². The van der Waals surface area contributed by atoms with Crippen molar-refractivity contribution in [2.45, 2.75) is 75.3 Å². The predicted octanol–water partition coefficient (Wildman–Crippen LogP) is 2.42. The normalized spacial score (nSPS) is 30.1. The molecule has 30 heavy (non-hydrogen) atoms. The van der Waals surface area contributed by atoms with E-state index in [0.29, 0.717) is 25.5 Å². The minimum atomic E-state index is -3.43. The quantitative estimate of drug-likeness (QED) is 0.787. The Bertz CT molecular complexity index is 864. The molecule has 7 nitrogen and oxygen atoms in total. The summed E-state index contributed by atoms with van der Waals surface area (Å²) >= 11 is 0. The van der Waals surface area contributed by atoms with Crippen LogP contribution in [0.1, 0.15) is 57.4 Å². The number of ether oxygens (including phenoxy) is 2. The molecule has 1 unspecified atom stereocenters. The average Bonchev–Trinajstić information content (AvgIpc) is 3.12. The molecule has 0 spiro atoms. The van der Waals surface area contributed by atoms with Crippen LogP contribution in [-0.2, 0) is 19.6 Å². The molecular formula is C22H32N2O5S. The molecule has 5 rings (SSSR count). The van der Waals surface area contributed by atoms with E-state index in [2.05, 4.69) is 10.8 Å². The van der Waals surface area contributed by atoms with Crippen LogP contribution in [0.3, 0.4) is 0 Å². The van der Waals surface area contributed by atoms with Gasteiger partial charge >= 0.3 is 0 Å². The maximum absolute atomic E-state index is 13.0. The summed E-state index contributed by atoms with van der Waals surface area (Å²) in [5.41, 5.74) is 1.17. The molecule has 3 aliphatic heterocycles. The van der Waals surface area contributed by atoms with Gasteiger partial charge in [-0.15, -0.1) is 0 Å². The lowest BCUT2D eigenvalue weighted by molar-refractivity contribution is -0.136. The van der Waals surface area contributed by atoms with Crippen LogP contribution in [0.4, 0.5) is 0 Å². The van der Waals surface area contributed by atoms with Crippen LogP contribution in [0.25, 0.3) is 0 Å². The van der Waals surface area contributed by atoms with Gasteiger partial charge in [0.25, 0.3) is 5.91 Å². The van der Waals surface area contributed by atoms with Crippen LogP contribution in [0.15, 0.2) is 24.3 Å². The Labute approximate surface area is 179 Å². The van der Waals surface area contributed by atoms with Crippen molar-refractivity contribution in [2.24, 2.45) is 0 Å². The SMILES string of the molecule is CC(C)S(=O)(=O)N[C@H]1CCN2C(=O)COc3ccccc3C3CCC(CC3)OCC12. The highest BCUT2D eigenvalue weighted by Gasteiger charge is 2.40. The molecule has 1 N–H and O–H groups in total. The minimum absolute atomic E-state index is 0.0483. The van der Waals surface area contributed by atoms with E-state index >= 15 is 0 Å². The van der Waals surface area contributed by atoms with Crippen molar-refractivity contribution < 1.29 is 22.7 Å². The summed E-state index contributed by atoms with van der Waals surface area (Å²) in [6.07, 6.45) is 4.70. The number of rotatable bonds is 3. The fourth-order valence-electron chi connectivity index (χ4n) is 4.80. The van der Waals surface area contributed by atoms with E-state index in [-0.39, 0.29) is 30.7 Å². The molecule has 0 aromatic heterocycles. The Hall–Kier alpha value is -1.64. The number of carbonyl (C=O) groups excluding carboxylic acids is 1. The topological polar surface area (TPSA) is 84.9 Å². The maximum atomic E-state index is 13.0. The fraction of sp³-hybridized carbons (Fsp3) is 0.682. The van der Waals surface area contributed by atoms with Crippen LogP contribution in [-0.4, -0.2) is 62.4 Å². The molecule has 1 aromatic carbocycles. The lowest BCUT2D eigenvalue weighted by Gasteiger charge is -2.32. The number of nitrogens with zero attached hydrogens (tertiary/aromatic N) is 1. The lowest BCUT2D eigenvalue weighted by atomic mass is 9.82. The second-order valence-corrected chi connectivity index (χ2v) is 11.2. The maximum Gasteiger partial charge on any atom is 0.260 e. The van der Waals surface area contributed by atoms with Crippen molar-refractivity contribution in [3.8, 4) is 5.75 Å². The van der Waals surface area contributed by atoms with Gasteiger partial charge in [0.15, 0.2) is 6.61 Å². The number of benzene rings is 1. The Morgan fingerprint density at radius 2 is 1.83 bits per heavy atom. The summed E-state index contributed by atoms with van der Waals surface area (Å²) in [7, 11) is -3.43.